The van der Waals surface area contributed by atoms with E-state index < -0.39 is 0 Å². The molecule has 0 radical (unpaired) electrons. The Bertz CT molecular complexity index is 253. The van der Waals surface area contributed by atoms with E-state index in [0.29, 0.717) is 22.5 Å². The molecule has 1 aromatic rings. The Morgan fingerprint density at radius 2 is 1.75 bits per heavy atom. The SMILES string of the molecule is CC(CN)c1cc(Cl)cc(Cl)c1. The molecule has 1 unspecified atom stereocenters. The Morgan fingerprint density at radius 1 is 1.25 bits per heavy atom. The van der Waals surface area contributed by atoms with Crippen LogP contribution in [-0.4, -0.2) is 6.54 Å². The average Bonchev–Trinajstić information content (AvgIpc) is 2.01. The number of hydrogen-bond acceptors (Lipinski definition) is 1. The minimum Gasteiger partial charge on any atom is -0.330 e. The number of halogens is 2. The summed E-state index contributed by atoms with van der Waals surface area (Å²) < 4.78 is 0. The van der Waals surface area contributed by atoms with Crippen LogP contribution < -0.4 is 5.73 Å². The molecule has 0 saturated carbocycles. The van der Waals surface area contributed by atoms with Gasteiger partial charge in [-0.15, -0.1) is 0 Å². The van der Waals surface area contributed by atoms with Crippen molar-refractivity contribution in [3.63, 3.8) is 0 Å². The highest BCUT2D eigenvalue weighted by atomic mass is 35.5. The third-order valence-corrected chi connectivity index (χ3v) is 2.24. The third-order valence-electron chi connectivity index (χ3n) is 1.81. The number of nitrogens with two attached hydrogens (primary N) is 1. The highest BCUT2D eigenvalue weighted by molar-refractivity contribution is 6.34. The highest BCUT2D eigenvalue weighted by Gasteiger charge is 2.04. The van der Waals surface area contributed by atoms with E-state index in [1.54, 1.807) is 6.07 Å². The van der Waals surface area contributed by atoms with Crippen LogP contribution in [0.4, 0.5) is 0 Å². The first-order chi connectivity index (χ1) is 5.63. The van der Waals surface area contributed by atoms with Crippen molar-refractivity contribution in [3.8, 4) is 0 Å². The number of benzene rings is 1. The second kappa shape index (κ2) is 4.13. The fourth-order valence-electron chi connectivity index (χ4n) is 0.996. The summed E-state index contributed by atoms with van der Waals surface area (Å²) in [5.41, 5.74) is 6.61. The molecule has 0 amide bonds. The van der Waals surface area contributed by atoms with Gasteiger partial charge < -0.3 is 5.73 Å². The Balaban J connectivity index is 3.00. The zero-order valence-electron chi connectivity index (χ0n) is 6.85. The lowest BCUT2D eigenvalue weighted by molar-refractivity contribution is 0.774. The Kier molecular flexibility index (Phi) is 3.39. The number of rotatable bonds is 2. The van der Waals surface area contributed by atoms with E-state index in [2.05, 4.69) is 0 Å². The van der Waals surface area contributed by atoms with Crippen LogP contribution in [0.2, 0.25) is 10.0 Å². The second-order valence-corrected chi connectivity index (χ2v) is 3.71. The molecule has 2 N–H and O–H groups in total. The quantitative estimate of drug-likeness (QED) is 0.787. The molecule has 0 spiro atoms. The van der Waals surface area contributed by atoms with Gasteiger partial charge in [0.25, 0.3) is 0 Å². The Morgan fingerprint density at radius 3 is 2.17 bits per heavy atom. The fraction of sp³-hybridized carbons (Fsp3) is 0.333. The van der Waals surface area contributed by atoms with E-state index in [1.807, 2.05) is 19.1 Å². The van der Waals surface area contributed by atoms with Crippen LogP contribution in [0.15, 0.2) is 18.2 Å². The maximum atomic E-state index is 5.83. The van der Waals surface area contributed by atoms with Gasteiger partial charge in [-0.1, -0.05) is 30.1 Å². The molecule has 1 rings (SSSR count). The van der Waals surface area contributed by atoms with Crippen LogP contribution in [0.1, 0.15) is 18.4 Å². The molecule has 0 aliphatic heterocycles. The van der Waals surface area contributed by atoms with Crippen molar-refractivity contribution < 1.29 is 0 Å². The summed E-state index contributed by atoms with van der Waals surface area (Å²) in [6.45, 7) is 2.65. The predicted molar refractivity (Wildman–Crippen MR) is 53.9 cm³/mol. The van der Waals surface area contributed by atoms with Crippen LogP contribution in [0.3, 0.4) is 0 Å². The predicted octanol–water partition coefficient (Wildman–Crippen LogP) is 3.06. The van der Waals surface area contributed by atoms with Crippen LogP contribution in [-0.2, 0) is 0 Å². The standard InChI is InChI=1S/C9H11Cl2N/c1-6(5-12)7-2-8(10)4-9(11)3-7/h2-4,6H,5,12H2,1H3. The molecule has 0 aliphatic rings. The van der Waals surface area contributed by atoms with Crippen molar-refractivity contribution in [3.05, 3.63) is 33.8 Å². The van der Waals surface area contributed by atoms with E-state index in [9.17, 15) is 0 Å². The maximum Gasteiger partial charge on any atom is 0.0423 e. The Labute approximate surface area is 82.5 Å². The van der Waals surface area contributed by atoms with Crippen molar-refractivity contribution in [2.75, 3.05) is 6.54 Å². The summed E-state index contributed by atoms with van der Waals surface area (Å²) in [6.07, 6.45) is 0. The zero-order valence-corrected chi connectivity index (χ0v) is 8.36. The third kappa shape index (κ3) is 2.37. The molecule has 3 heteroatoms. The van der Waals surface area contributed by atoms with Gasteiger partial charge in [0.15, 0.2) is 0 Å². The summed E-state index contributed by atoms with van der Waals surface area (Å²) in [7, 11) is 0. The first-order valence-electron chi connectivity index (χ1n) is 3.79. The van der Waals surface area contributed by atoms with Gasteiger partial charge in [-0.05, 0) is 36.2 Å². The molecule has 12 heavy (non-hydrogen) atoms. The van der Waals surface area contributed by atoms with Crippen LogP contribution in [0, 0.1) is 0 Å². The summed E-state index contributed by atoms with van der Waals surface area (Å²) in [5.74, 6) is 0.307. The minimum atomic E-state index is 0.307. The van der Waals surface area contributed by atoms with Gasteiger partial charge in [-0.2, -0.15) is 0 Å². The topological polar surface area (TPSA) is 26.0 Å². The molecule has 1 aromatic carbocycles. The van der Waals surface area contributed by atoms with Gasteiger partial charge in [0.2, 0.25) is 0 Å². The van der Waals surface area contributed by atoms with Crippen LogP contribution in [0.5, 0.6) is 0 Å². The van der Waals surface area contributed by atoms with Crippen molar-refractivity contribution in [2.45, 2.75) is 12.8 Å². The van der Waals surface area contributed by atoms with Crippen molar-refractivity contribution in [2.24, 2.45) is 5.73 Å². The van der Waals surface area contributed by atoms with Gasteiger partial charge in [0.1, 0.15) is 0 Å². The minimum absolute atomic E-state index is 0.307. The molecular formula is C9H11Cl2N. The van der Waals surface area contributed by atoms with Gasteiger partial charge in [-0.25, -0.2) is 0 Å². The van der Waals surface area contributed by atoms with E-state index >= 15 is 0 Å². The fourth-order valence-corrected chi connectivity index (χ4v) is 1.54. The molecule has 0 aliphatic carbocycles. The van der Waals surface area contributed by atoms with E-state index in [1.165, 1.54) is 0 Å². The summed E-state index contributed by atoms with van der Waals surface area (Å²) >= 11 is 11.7. The second-order valence-electron chi connectivity index (χ2n) is 2.84. The van der Waals surface area contributed by atoms with Crippen molar-refractivity contribution >= 4 is 23.2 Å². The molecule has 1 nitrogen and oxygen atoms in total. The van der Waals surface area contributed by atoms with Gasteiger partial charge in [-0.3, -0.25) is 0 Å². The lowest BCUT2D eigenvalue weighted by Crippen LogP contribution is -2.08. The number of hydrogen-bond donors (Lipinski definition) is 1. The molecule has 0 aromatic heterocycles. The molecule has 66 valence electrons. The summed E-state index contributed by atoms with van der Waals surface area (Å²) in [6, 6.07) is 5.51. The van der Waals surface area contributed by atoms with E-state index in [4.69, 9.17) is 28.9 Å². The first kappa shape index (κ1) is 9.85. The summed E-state index contributed by atoms with van der Waals surface area (Å²) in [5, 5.41) is 1.33. The van der Waals surface area contributed by atoms with Gasteiger partial charge in [0, 0.05) is 10.0 Å². The van der Waals surface area contributed by atoms with E-state index in [-0.39, 0.29) is 0 Å². The summed E-state index contributed by atoms with van der Waals surface area (Å²) in [4.78, 5) is 0. The van der Waals surface area contributed by atoms with Crippen molar-refractivity contribution in [1.29, 1.82) is 0 Å². The zero-order chi connectivity index (χ0) is 9.14. The van der Waals surface area contributed by atoms with E-state index in [0.717, 1.165) is 5.56 Å². The first-order valence-corrected chi connectivity index (χ1v) is 4.55. The lowest BCUT2D eigenvalue weighted by Gasteiger charge is -2.09. The normalized spacial score (nSPS) is 13.0. The molecule has 0 heterocycles. The Hall–Kier alpha value is -0.240. The van der Waals surface area contributed by atoms with Crippen LogP contribution >= 0.6 is 23.2 Å². The molecule has 0 bridgehead atoms. The van der Waals surface area contributed by atoms with Crippen LogP contribution in [0.25, 0.3) is 0 Å². The maximum absolute atomic E-state index is 5.83. The molecule has 1 atom stereocenters. The lowest BCUT2D eigenvalue weighted by atomic mass is 10.0. The smallest absolute Gasteiger partial charge is 0.0423 e. The largest absolute Gasteiger partial charge is 0.330 e. The molecule has 0 fully saturated rings. The average molecular weight is 204 g/mol. The van der Waals surface area contributed by atoms with Crippen molar-refractivity contribution in [1.82, 2.24) is 0 Å². The molecule has 0 saturated heterocycles. The monoisotopic (exact) mass is 203 g/mol. The molecular weight excluding hydrogens is 193 g/mol. The van der Waals surface area contributed by atoms with Gasteiger partial charge in [0.05, 0.1) is 0 Å². The van der Waals surface area contributed by atoms with Gasteiger partial charge >= 0.3 is 0 Å². The highest BCUT2D eigenvalue weighted by Crippen LogP contribution is 2.23.